The van der Waals surface area contributed by atoms with Crippen molar-refractivity contribution in [1.82, 2.24) is 20.9 Å². The number of unbranched alkanes of at least 4 members (excludes halogenated alkanes) is 1. The van der Waals surface area contributed by atoms with Gasteiger partial charge in [0.25, 0.3) is 5.91 Å². The molecule has 1 aliphatic heterocycles. The van der Waals surface area contributed by atoms with E-state index in [0.29, 0.717) is 50.6 Å². The second-order valence-corrected chi connectivity index (χ2v) is 15.9. The molecule has 0 spiro atoms. The highest BCUT2D eigenvalue weighted by Gasteiger charge is 2.33. The molecule has 12 nitrogen and oxygen atoms in total. The van der Waals surface area contributed by atoms with Crippen LogP contribution in [0.5, 0.6) is 5.75 Å². The van der Waals surface area contributed by atoms with Crippen LogP contribution in [0.1, 0.15) is 104 Å². The first kappa shape index (κ1) is 44.9. The number of piperidine rings is 1. The van der Waals surface area contributed by atoms with Crippen LogP contribution in [-0.4, -0.2) is 104 Å². The maximum atomic E-state index is 13.5. The number of nitrogens with one attached hydrogen (secondary N) is 3. The largest absolute Gasteiger partial charge is 0.493 e. The Bertz CT molecular complexity index is 1240. The number of likely N-dealkylation sites (tertiary alicyclic amines) is 1. The van der Waals surface area contributed by atoms with Crippen molar-refractivity contribution in [2.45, 2.75) is 112 Å². The third-order valence-corrected chi connectivity index (χ3v) is 9.85. The normalized spacial score (nSPS) is 16.5. The summed E-state index contributed by atoms with van der Waals surface area (Å²) in [6.07, 6.45) is 2.12. The van der Waals surface area contributed by atoms with E-state index >= 15 is 0 Å². The minimum Gasteiger partial charge on any atom is -0.493 e. The molecule has 1 aromatic carbocycles. The maximum Gasteiger partial charge on any atom is 0.407 e. The number of rotatable bonds is 22. The molecule has 2 rings (SSSR count). The number of amides is 3. The molecule has 0 bridgehead atoms. The van der Waals surface area contributed by atoms with E-state index in [1.54, 1.807) is 53.0 Å². The number of nitrogens with zero attached hydrogens (tertiary/aromatic N) is 1. The van der Waals surface area contributed by atoms with E-state index in [9.17, 15) is 24.3 Å². The fourth-order valence-corrected chi connectivity index (χ4v) is 6.46. The lowest BCUT2D eigenvalue weighted by atomic mass is 9.82. The Morgan fingerprint density at radius 1 is 0.942 bits per heavy atom. The average Bonchev–Trinajstić information content (AvgIpc) is 3.07. The topological polar surface area (TPSA) is 156 Å². The number of aliphatic hydroxyl groups is 1. The molecule has 1 saturated heterocycles. The number of alkyl carbamates (subject to hydrolysis) is 1. The molecule has 0 saturated carbocycles. The van der Waals surface area contributed by atoms with E-state index in [2.05, 4.69) is 20.9 Å². The molecule has 3 amide bonds. The van der Waals surface area contributed by atoms with Crippen molar-refractivity contribution >= 4 is 23.7 Å². The highest BCUT2D eigenvalue weighted by atomic mass is 16.6. The molecule has 0 radical (unpaired) electrons. The molecule has 52 heavy (non-hydrogen) atoms. The molecule has 4 N–H and O–H groups in total. The first-order valence-corrected chi connectivity index (χ1v) is 19.2. The minimum atomic E-state index is -1.06. The zero-order valence-electron chi connectivity index (χ0n) is 33.3. The standard InChI is InChI=1S/C40H68N4O8/c1-27(2)31(26-42-37(47)32-14-10-11-15-36(32)51-23-13-12-22-50-9)24-34(43-39(49)52-40(6,7)8)35(46)25-33(28(3)4)38(48)41-18-21-44-19-16-30(17-20-44)29(5)45/h10-11,14-15,27-28,30-31,33-35,46H,12-13,16-26H2,1-9H3,(H,41,48)(H,42,47)(H,43,49). The van der Waals surface area contributed by atoms with Crippen molar-refractivity contribution in [2.75, 3.05) is 53.0 Å². The Morgan fingerprint density at radius 2 is 1.60 bits per heavy atom. The third kappa shape index (κ3) is 16.6. The van der Waals surface area contributed by atoms with Gasteiger partial charge in [0.2, 0.25) is 5.91 Å². The molecule has 1 heterocycles. The summed E-state index contributed by atoms with van der Waals surface area (Å²) in [5.74, 6) is -0.127. The van der Waals surface area contributed by atoms with Crippen molar-refractivity contribution < 1.29 is 38.5 Å². The first-order chi connectivity index (χ1) is 24.5. The Hall–Kier alpha value is -3.22. The first-order valence-electron chi connectivity index (χ1n) is 19.2. The average molecular weight is 733 g/mol. The lowest BCUT2D eigenvalue weighted by Crippen LogP contribution is -2.49. The van der Waals surface area contributed by atoms with Crippen LogP contribution in [0.2, 0.25) is 0 Å². The Balaban J connectivity index is 2.11. The highest BCUT2D eigenvalue weighted by molar-refractivity contribution is 5.96. The van der Waals surface area contributed by atoms with Crippen molar-refractivity contribution in [3.63, 3.8) is 0 Å². The summed E-state index contributed by atoms with van der Waals surface area (Å²) >= 11 is 0. The molecule has 296 valence electrons. The molecule has 1 fully saturated rings. The zero-order chi connectivity index (χ0) is 38.8. The molecular weight excluding hydrogens is 664 g/mol. The van der Waals surface area contributed by atoms with Gasteiger partial charge in [0.05, 0.1) is 24.3 Å². The van der Waals surface area contributed by atoms with Gasteiger partial charge in [-0.2, -0.15) is 0 Å². The molecule has 0 aromatic heterocycles. The number of carbonyl (C=O) groups excluding carboxylic acids is 4. The lowest BCUT2D eigenvalue weighted by Gasteiger charge is -2.33. The van der Waals surface area contributed by atoms with Crippen molar-refractivity contribution in [3.8, 4) is 5.75 Å². The van der Waals surface area contributed by atoms with Crippen molar-refractivity contribution in [2.24, 2.45) is 29.6 Å². The summed E-state index contributed by atoms with van der Waals surface area (Å²) in [7, 11) is 1.66. The fourth-order valence-electron chi connectivity index (χ4n) is 6.46. The fraction of sp³-hybridized carbons (Fsp3) is 0.750. The summed E-state index contributed by atoms with van der Waals surface area (Å²) in [4.78, 5) is 53.9. The number of ether oxygens (including phenoxy) is 3. The van der Waals surface area contributed by atoms with Gasteiger partial charge in [-0.15, -0.1) is 0 Å². The molecule has 4 atom stereocenters. The Morgan fingerprint density at radius 3 is 2.19 bits per heavy atom. The predicted octanol–water partition coefficient (Wildman–Crippen LogP) is 5.22. The van der Waals surface area contributed by atoms with E-state index in [1.165, 1.54) is 0 Å². The molecule has 4 unspecified atom stereocenters. The van der Waals surface area contributed by atoms with Crippen LogP contribution < -0.4 is 20.7 Å². The van der Waals surface area contributed by atoms with Gasteiger partial charge in [-0.05, 0) is 109 Å². The molecular formula is C40H68N4O8. The molecule has 1 aromatic rings. The van der Waals surface area contributed by atoms with E-state index < -0.39 is 29.8 Å². The summed E-state index contributed by atoms with van der Waals surface area (Å²) in [6.45, 7) is 19.2. The van der Waals surface area contributed by atoms with E-state index in [4.69, 9.17) is 14.2 Å². The number of ketones is 1. The zero-order valence-corrected chi connectivity index (χ0v) is 33.3. The van der Waals surface area contributed by atoms with E-state index in [1.807, 2.05) is 33.8 Å². The lowest BCUT2D eigenvalue weighted by molar-refractivity contribution is -0.127. The molecule has 0 aliphatic carbocycles. The van der Waals surface area contributed by atoms with Gasteiger partial charge in [-0.1, -0.05) is 39.8 Å². The van der Waals surface area contributed by atoms with Gasteiger partial charge in [0.1, 0.15) is 17.1 Å². The number of Topliss-reactive ketones (excluding diaryl/α,β-unsaturated/α-hetero) is 1. The smallest absolute Gasteiger partial charge is 0.407 e. The maximum absolute atomic E-state index is 13.5. The number of hydrogen-bond acceptors (Lipinski definition) is 9. The number of hydrogen-bond donors (Lipinski definition) is 4. The number of aliphatic hydroxyl groups excluding tert-OH is 1. The van der Waals surface area contributed by atoms with Crippen LogP contribution >= 0.6 is 0 Å². The Labute approximate surface area is 312 Å². The monoisotopic (exact) mass is 733 g/mol. The summed E-state index contributed by atoms with van der Waals surface area (Å²) in [5, 5.41) is 20.7. The highest BCUT2D eigenvalue weighted by Crippen LogP contribution is 2.26. The van der Waals surface area contributed by atoms with Gasteiger partial charge in [0.15, 0.2) is 0 Å². The summed E-state index contributed by atoms with van der Waals surface area (Å²) in [6, 6.07) is 6.40. The van der Waals surface area contributed by atoms with Crippen molar-refractivity contribution in [3.05, 3.63) is 29.8 Å². The quantitative estimate of drug-likeness (QED) is 0.118. The molecule has 1 aliphatic rings. The number of para-hydroxylation sites is 1. The Kier molecular flexibility index (Phi) is 19.7. The third-order valence-electron chi connectivity index (χ3n) is 9.85. The van der Waals surface area contributed by atoms with Crippen LogP contribution in [0, 0.1) is 29.6 Å². The number of carbonyl (C=O) groups is 4. The number of methoxy groups -OCH3 is 1. The summed E-state index contributed by atoms with van der Waals surface area (Å²) in [5.41, 5.74) is -0.307. The van der Waals surface area contributed by atoms with E-state index in [0.717, 1.165) is 38.8 Å². The summed E-state index contributed by atoms with van der Waals surface area (Å²) < 4.78 is 16.6. The van der Waals surface area contributed by atoms with Gasteiger partial charge < -0.3 is 40.2 Å². The van der Waals surface area contributed by atoms with E-state index in [-0.39, 0.29) is 47.7 Å². The van der Waals surface area contributed by atoms with Gasteiger partial charge in [0, 0.05) is 45.2 Å². The second kappa shape index (κ2) is 22.8. The van der Waals surface area contributed by atoms with Gasteiger partial charge in [-0.3, -0.25) is 14.4 Å². The van der Waals surface area contributed by atoms with Crippen molar-refractivity contribution in [1.29, 1.82) is 0 Å². The van der Waals surface area contributed by atoms with Crippen LogP contribution in [0.3, 0.4) is 0 Å². The number of benzene rings is 1. The van der Waals surface area contributed by atoms with Gasteiger partial charge >= 0.3 is 6.09 Å². The van der Waals surface area contributed by atoms with Crippen LogP contribution in [0.4, 0.5) is 4.79 Å². The van der Waals surface area contributed by atoms with Crippen LogP contribution in [-0.2, 0) is 19.1 Å². The predicted molar refractivity (Wildman–Crippen MR) is 203 cm³/mol. The molecule has 12 heteroatoms. The van der Waals surface area contributed by atoms with Gasteiger partial charge in [-0.25, -0.2) is 4.79 Å². The second-order valence-electron chi connectivity index (χ2n) is 15.9. The van der Waals surface area contributed by atoms with Crippen LogP contribution in [0.25, 0.3) is 0 Å². The minimum absolute atomic E-state index is 0.0643. The SMILES string of the molecule is COCCCCOc1ccccc1C(=O)NCC(CC(NC(=O)OC(C)(C)C)C(O)CC(C(=O)NCCN1CCC(C(C)=O)CC1)C(C)C)C(C)C. The van der Waals surface area contributed by atoms with Crippen LogP contribution in [0.15, 0.2) is 24.3 Å².